The first-order valence-corrected chi connectivity index (χ1v) is 20.9. The van der Waals surface area contributed by atoms with Crippen molar-refractivity contribution >= 4 is 70.2 Å². The molecule has 1 aromatic heterocycles. The number of rotatable bonds is 29. The number of aliphatic hydroxyl groups is 1. The van der Waals surface area contributed by atoms with E-state index in [2.05, 4.69) is 46.9 Å². The van der Waals surface area contributed by atoms with E-state index in [4.69, 9.17) is 28.7 Å². The molecule has 0 fully saturated rings. The topological polar surface area (TPSA) is 440 Å². The number of carbonyl (C=O) groups excluding carboxylic acids is 6. The van der Waals surface area contributed by atoms with Crippen LogP contribution in [0.4, 0.5) is 0 Å². The lowest BCUT2D eigenvalue weighted by Crippen LogP contribution is -2.60. The van der Waals surface area contributed by atoms with Gasteiger partial charge in [-0.15, -0.1) is 0 Å². The zero-order chi connectivity index (χ0) is 48.8. The Hall–Kier alpha value is -7.02. The first-order chi connectivity index (χ1) is 30.6. The molecule has 0 aliphatic heterocycles. The molecule has 25 nitrogen and oxygen atoms in total. The number of aliphatic hydroxyl groups excluding tert-OH is 1. The van der Waals surface area contributed by atoms with E-state index in [1.54, 1.807) is 44.3 Å². The summed E-state index contributed by atoms with van der Waals surface area (Å²) in [4.78, 5) is 116. The third-order valence-corrected chi connectivity index (χ3v) is 9.72. The van der Waals surface area contributed by atoms with Crippen LogP contribution >= 0.6 is 0 Å². The first-order valence-electron chi connectivity index (χ1n) is 20.9. The third-order valence-electron chi connectivity index (χ3n) is 9.72. The Morgan fingerprint density at radius 1 is 0.631 bits per heavy atom. The zero-order valence-corrected chi connectivity index (χ0v) is 36.7. The number of para-hydroxylation sites is 1. The molecule has 1 heterocycles. The summed E-state index contributed by atoms with van der Waals surface area (Å²) < 4.78 is 0. The number of carboxylic acid groups (broad SMARTS) is 2. The third kappa shape index (κ3) is 19.5. The van der Waals surface area contributed by atoms with Crippen LogP contribution in [0, 0.1) is 5.92 Å². The second kappa shape index (κ2) is 27.2. The van der Waals surface area contributed by atoms with Crippen LogP contribution < -0.4 is 60.6 Å². The lowest BCUT2D eigenvalue weighted by atomic mass is 9.99. The fraction of sp³-hybridized carbons (Fsp3) is 0.550. The van der Waals surface area contributed by atoms with Gasteiger partial charge in [0.1, 0.15) is 36.3 Å². The summed E-state index contributed by atoms with van der Waals surface area (Å²) in [5, 5.41) is 44.1. The maximum atomic E-state index is 14.3. The van der Waals surface area contributed by atoms with E-state index in [0.717, 1.165) is 0 Å². The van der Waals surface area contributed by atoms with Gasteiger partial charge in [-0.25, -0.2) is 4.79 Å². The molecule has 2 aromatic rings. The molecular formula is C40H64N14O11. The van der Waals surface area contributed by atoms with Crippen molar-refractivity contribution in [3.63, 3.8) is 0 Å². The van der Waals surface area contributed by atoms with Crippen LogP contribution in [0.2, 0.25) is 0 Å². The molecule has 0 aliphatic rings. The number of H-pyrrole nitrogens is 1. The molecular weight excluding hydrogens is 853 g/mol. The predicted molar refractivity (Wildman–Crippen MR) is 238 cm³/mol. The SMILES string of the molecule is CC(C)C[C@H](NC(=O)[C@H](CCCN=C(N)N)NC(=O)[C@H](CCC(=O)O)NC(=O)[C@H](C)N)C(=O)N[C@@H](Cc1c[nH]c2ccccc12)C(=O)N[C@@H](CCCN=C(N)N)C(=O)N[C@@H](CO)C(=O)O. The Morgan fingerprint density at radius 2 is 1.08 bits per heavy atom. The van der Waals surface area contributed by atoms with Crippen LogP contribution in [-0.2, 0) is 44.8 Å². The van der Waals surface area contributed by atoms with Gasteiger partial charge in [-0.1, -0.05) is 32.0 Å². The highest BCUT2D eigenvalue weighted by molar-refractivity contribution is 5.97. The van der Waals surface area contributed by atoms with Gasteiger partial charge in [-0.2, -0.15) is 0 Å². The number of nitrogens with one attached hydrogen (secondary N) is 7. The number of nitrogens with two attached hydrogens (primary N) is 5. The van der Waals surface area contributed by atoms with E-state index in [0.29, 0.717) is 16.5 Å². The second-order valence-corrected chi connectivity index (χ2v) is 15.7. The number of aliphatic imine (C=N–C) groups is 2. The van der Waals surface area contributed by atoms with Gasteiger partial charge in [0.05, 0.1) is 12.6 Å². The van der Waals surface area contributed by atoms with Crippen molar-refractivity contribution in [1.29, 1.82) is 0 Å². The van der Waals surface area contributed by atoms with Crippen LogP contribution in [0.3, 0.4) is 0 Å². The first kappa shape index (κ1) is 54.1. The molecule has 7 atom stereocenters. The summed E-state index contributed by atoms with van der Waals surface area (Å²) in [6.45, 7) is 4.03. The van der Waals surface area contributed by atoms with Crippen molar-refractivity contribution in [3.05, 3.63) is 36.0 Å². The van der Waals surface area contributed by atoms with Gasteiger partial charge in [0, 0.05) is 43.0 Å². The number of guanidine groups is 2. The standard InChI is InChI=1S/C40H64N14O11/c1-20(2)16-28(52-33(59)25(10-6-14-46-39(42)43)50-35(61)27(12-13-31(56)57)49-32(58)21(3)41)36(62)53-29(17-22-18-48-24-9-5-4-8-23(22)24)37(63)51-26(11-7-15-47-40(44)45)34(60)54-30(19-55)38(64)65/h4-5,8-9,18,20-21,25-30,48,55H,6-7,10-17,19,41H2,1-3H3,(H,49,58)(H,50,61)(H,51,63)(H,52,59)(H,53,62)(H,54,60)(H,56,57)(H,64,65)(H4,42,43,46)(H4,44,45,47)/t21-,25-,26-,27-,28-,29-,30-/m0/s1. The molecule has 2 rings (SSSR count). The highest BCUT2D eigenvalue weighted by atomic mass is 16.4. The summed E-state index contributed by atoms with van der Waals surface area (Å²) in [6, 6.07) is -2.56. The number of amides is 6. The fourth-order valence-corrected chi connectivity index (χ4v) is 6.36. The second-order valence-electron chi connectivity index (χ2n) is 15.7. The Kier molecular flexibility index (Phi) is 22.7. The number of aromatic nitrogens is 1. The molecule has 0 aliphatic carbocycles. The van der Waals surface area contributed by atoms with Gasteiger partial charge < -0.3 is 80.9 Å². The van der Waals surface area contributed by atoms with E-state index in [-0.39, 0.29) is 75.9 Å². The van der Waals surface area contributed by atoms with Gasteiger partial charge in [-0.3, -0.25) is 43.5 Å². The number of carboxylic acids is 2. The number of aromatic amines is 1. The predicted octanol–water partition coefficient (Wildman–Crippen LogP) is -3.94. The molecule has 20 N–H and O–H groups in total. The van der Waals surface area contributed by atoms with E-state index in [9.17, 15) is 53.7 Å². The lowest BCUT2D eigenvalue weighted by Gasteiger charge is -2.28. The van der Waals surface area contributed by atoms with Crippen molar-refractivity contribution in [2.45, 2.75) is 114 Å². The molecule has 0 bridgehead atoms. The summed E-state index contributed by atoms with van der Waals surface area (Å²) in [5.41, 5.74) is 28.7. The van der Waals surface area contributed by atoms with E-state index in [1.165, 1.54) is 6.92 Å². The Balaban J connectivity index is 2.54. The number of benzene rings is 1. The largest absolute Gasteiger partial charge is 0.481 e. The molecule has 0 unspecified atom stereocenters. The number of fused-ring (bicyclic) bond motifs is 1. The van der Waals surface area contributed by atoms with Crippen molar-refractivity contribution < 1.29 is 53.7 Å². The van der Waals surface area contributed by atoms with Crippen LogP contribution in [-0.4, -0.2) is 142 Å². The van der Waals surface area contributed by atoms with Crippen LogP contribution in [0.1, 0.15) is 71.3 Å². The highest BCUT2D eigenvalue weighted by Gasteiger charge is 2.34. The Bertz CT molecular complexity index is 2010. The molecule has 0 spiro atoms. The quantitative estimate of drug-likeness (QED) is 0.0210. The highest BCUT2D eigenvalue weighted by Crippen LogP contribution is 2.20. The van der Waals surface area contributed by atoms with Crippen molar-refractivity contribution in [3.8, 4) is 0 Å². The number of hydrogen-bond acceptors (Lipinski definition) is 12. The Labute approximate surface area is 374 Å². The van der Waals surface area contributed by atoms with Gasteiger partial charge in [0.15, 0.2) is 11.9 Å². The van der Waals surface area contributed by atoms with Gasteiger partial charge >= 0.3 is 11.9 Å². The van der Waals surface area contributed by atoms with Crippen LogP contribution in [0.15, 0.2) is 40.4 Å². The summed E-state index contributed by atoms with van der Waals surface area (Å²) in [7, 11) is 0. The zero-order valence-electron chi connectivity index (χ0n) is 36.7. The Morgan fingerprint density at radius 3 is 1.55 bits per heavy atom. The number of nitrogens with zero attached hydrogens (tertiary/aromatic N) is 2. The molecule has 6 amide bonds. The number of aliphatic carboxylic acids is 2. The average Bonchev–Trinajstić information content (AvgIpc) is 3.64. The van der Waals surface area contributed by atoms with Crippen LogP contribution in [0.5, 0.6) is 0 Å². The number of carbonyl (C=O) groups is 8. The van der Waals surface area contributed by atoms with Crippen LogP contribution in [0.25, 0.3) is 10.9 Å². The molecule has 25 heteroatoms. The van der Waals surface area contributed by atoms with E-state index in [1.807, 2.05) is 0 Å². The molecule has 1 aromatic carbocycles. The molecule has 0 saturated carbocycles. The van der Waals surface area contributed by atoms with Gasteiger partial charge in [0.2, 0.25) is 35.4 Å². The summed E-state index contributed by atoms with van der Waals surface area (Å²) in [5.74, 6) is -8.65. The molecule has 0 radical (unpaired) electrons. The fourth-order valence-electron chi connectivity index (χ4n) is 6.36. The maximum Gasteiger partial charge on any atom is 0.328 e. The molecule has 0 saturated heterocycles. The van der Waals surface area contributed by atoms with Crippen molar-refractivity contribution in [2.24, 2.45) is 44.6 Å². The number of hydrogen-bond donors (Lipinski definition) is 15. The van der Waals surface area contributed by atoms with Gasteiger partial charge in [-0.05, 0) is 63.0 Å². The summed E-state index contributed by atoms with van der Waals surface area (Å²) in [6.07, 6.45) is 0.737. The molecule has 65 heavy (non-hydrogen) atoms. The maximum absolute atomic E-state index is 14.3. The van der Waals surface area contributed by atoms with Crippen molar-refractivity contribution in [1.82, 2.24) is 36.9 Å². The smallest absolute Gasteiger partial charge is 0.328 e. The normalized spacial score (nSPS) is 14.2. The minimum Gasteiger partial charge on any atom is -0.481 e. The average molecular weight is 917 g/mol. The lowest BCUT2D eigenvalue weighted by molar-refractivity contribution is -0.143. The summed E-state index contributed by atoms with van der Waals surface area (Å²) >= 11 is 0. The minimum absolute atomic E-state index is 0.0207. The minimum atomic E-state index is -1.70. The van der Waals surface area contributed by atoms with Crippen molar-refractivity contribution in [2.75, 3.05) is 19.7 Å². The monoisotopic (exact) mass is 916 g/mol. The van der Waals surface area contributed by atoms with Gasteiger partial charge in [0.25, 0.3) is 0 Å². The molecule has 360 valence electrons. The van der Waals surface area contributed by atoms with E-state index < -0.39 is 103 Å². The van der Waals surface area contributed by atoms with E-state index >= 15 is 0 Å².